The van der Waals surface area contributed by atoms with Gasteiger partial charge in [-0.1, -0.05) is 32.0 Å². The third-order valence-electron chi connectivity index (χ3n) is 3.27. The molecule has 5 heteroatoms. The maximum atomic E-state index is 12.8. The van der Waals surface area contributed by atoms with Gasteiger partial charge in [0.2, 0.25) is 0 Å². The van der Waals surface area contributed by atoms with E-state index in [9.17, 15) is 14.0 Å². The molecule has 1 N–H and O–H groups in total. The van der Waals surface area contributed by atoms with Gasteiger partial charge in [0.15, 0.2) is 6.61 Å². The van der Waals surface area contributed by atoms with E-state index in [1.807, 2.05) is 32.0 Å². The van der Waals surface area contributed by atoms with Crippen molar-refractivity contribution in [3.05, 3.63) is 65.5 Å². The van der Waals surface area contributed by atoms with Crippen LogP contribution in [0, 0.1) is 5.82 Å². The predicted molar refractivity (Wildman–Crippen MR) is 85.8 cm³/mol. The Balaban J connectivity index is 1.93. The molecule has 0 radical (unpaired) electrons. The second-order valence-corrected chi connectivity index (χ2v) is 5.37. The highest BCUT2D eigenvalue weighted by Crippen LogP contribution is 2.23. The molecule has 0 aromatic heterocycles. The number of para-hydroxylation sites is 1. The molecule has 0 heterocycles. The second kappa shape index (κ2) is 7.54. The van der Waals surface area contributed by atoms with Crippen molar-refractivity contribution in [1.82, 2.24) is 0 Å². The Morgan fingerprint density at radius 1 is 1.09 bits per heavy atom. The lowest BCUT2D eigenvalue weighted by Crippen LogP contribution is -2.21. The molecule has 0 fully saturated rings. The van der Waals surface area contributed by atoms with Crippen LogP contribution in [0.3, 0.4) is 0 Å². The van der Waals surface area contributed by atoms with Crippen molar-refractivity contribution in [2.75, 3.05) is 11.9 Å². The van der Waals surface area contributed by atoms with Crippen LogP contribution < -0.4 is 5.32 Å². The van der Waals surface area contributed by atoms with Gasteiger partial charge in [-0.05, 0) is 41.8 Å². The summed E-state index contributed by atoms with van der Waals surface area (Å²) in [5, 5.41) is 2.73. The molecule has 2 rings (SSSR count). The van der Waals surface area contributed by atoms with Crippen molar-refractivity contribution < 1.29 is 18.7 Å². The van der Waals surface area contributed by atoms with E-state index in [0.717, 1.165) is 17.7 Å². The standard InChI is InChI=1S/C18H18FNO3/c1-12(2)15-5-3-4-6-16(15)20-17(21)11-23-18(22)13-7-9-14(19)10-8-13/h3-10,12H,11H2,1-2H3,(H,20,21). The molecule has 2 aromatic carbocycles. The van der Waals surface area contributed by atoms with E-state index in [0.29, 0.717) is 5.69 Å². The summed E-state index contributed by atoms with van der Waals surface area (Å²) in [5.74, 6) is -1.27. The zero-order valence-electron chi connectivity index (χ0n) is 13.0. The monoisotopic (exact) mass is 315 g/mol. The zero-order valence-corrected chi connectivity index (χ0v) is 13.0. The maximum Gasteiger partial charge on any atom is 0.338 e. The van der Waals surface area contributed by atoms with Crippen LogP contribution in [0.15, 0.2) is 48.5 Å². The molecule has 0 aliphatic carbocycles. The largest absolute Gasteiger partial charge is 0.452 e. The first-order valence-electron chi connectivity index (χ1n) is 7.29. The Labute approximate surface area is 134 Å². The van der Waals surface area contributed by atoms with Crippen LogP contribution in [-0.2, 0) is 9.53 Å². The summed E-state index contributed by atoms with van der Waals surface area (Å²) in [5.41, 5.74) is 1.90. The van der Waals surface area contributed by atoms with Crippen molar-refractivity contribution in [3.63, 3.8) is 0 Å². The van der Waals surface area contributed by atoms with Gasteiger partial charge in [-0.15, -0.1) is 0 Å². The van der Waals surface area contributed by atoms with Gasteiger partial charge in [0.1, 0.15) is 5.82 Å². The summed E-state index contributed by atoms with van der Waals surface area (Å²) in [6, 6.07) is 12.4. The van der Waals surface area contributed by atoms with Gasteiger partial charge in [0, 0.05) is 5.69 Å². The maximum absolute atomic E-state index is 12.8. The first kappa shape index (κ1) is 16.7. The quantitative estimate of drug-likeness (QED) is 0.855. The number of ether oxygens (including phenoxy) is 1. The zero-order chi connectivity index (χ0) is 16.8. The van der Waals surface area contributed by atoms with E-state index >= 15 is 0 Å². The molecule has 0 unspecified atom stereocenters. The third kappa shape index (κ3) is 4.64. The molecular weight excluding hydrogens is 297 g/mol. The number of carbonyl (C=O) groups excluding carboxylic acids is 2. The molecular formula is C18H18FNO3. The number of nitrogens with one attached hydrogen (secondary N) is 1. The van der Waals surface area contributed by atoms with Gasteiger partial charge in [0.05, 0.1) is 5.56 Å². The van der Waals surface area contributed by atoms with Gasteiger partial charge in [-0.2, -0.15) is 0 Å². The second-order valence-electron chi connectivity index (χ2n) is 5.37. The molecule has 4 nitrogen and oxygen atoms in total. The van der Waals surface area contributed by atoms with Crippen molar-refractivity contribution in [2.24, 2.45) is 0 Å². The van der Waals surface area contributed by atoms with E-state index in [4.69, 9.17) is 4.74 Å². The van der Waals surface area contributed by atoms with Crippen LogP contribution in [0.5, 0.6) is 0 Å². The molecule has 0 spiro atoms. The number of anilines is 1. The minimum absolute atomic E-state index is 0.196. The average molecular weight is 315 g/mol. The van der Waals surface area contributed by atoms with E-state index in [-0.39, 0.29) is 11.5 Å². The third-order valence-corrected chi connectivity index (χ3v) is 3.27. The Morgan fingerprint density at radius 2 is 1.74 bits per heavy atom. The van der Waals surface area contributed by atoms with Crippen molar-refractivity contribution in [3.8, 4) is 0 Å². The van der Waals surface area contributed by atoms with Gasteiger partial charge in [-0.3, -0.25) is 4.79 Å². The molecule has 0 aliphatic heterocycles. The number of rotatable bonds is 5. The fourth-order valence-corrected chi connectivity index (χ4v) is 2.10. The molecule has 1 amide bonds. The summed E-state index contributed by atoms with van der Waals surface area (Å²) >= 11 is 0. The van der Waals surface area contributed by atoms with Gasteiger partial charge < -0.3 is 10.1 Å². The fourth-order valence-electron chi connectivity index (χ4n) is 2.10. The van der Waals surface area contributed by atoms with Crippen LogP contribution in [-0.4, -0.2) is 18.5 Å². The molecule has 0 bridgehead atoms. The summed E-state index contributed by atoms with van der Waals surface area (Å²) in [6.07, 6.45) is 0. The van der Waals surface area contributed by atoms with Gasteiger partial charge in [-0.25, -0.2) is 9.18 Å². The minimum Gasteiger partial charge on any atom is -0.452 e. The summed E-state index contributed by atoms with van der Waals surface area (Å²) in [6.45, 7) is 3.65. The van der Waals surface area contributed by atoms with E-state index < -0.39 is 24.3 Å². The highest BCUT2D eigenvalue weighted by Gasteiger charge is 2.12. The summed E-state index contributed by atoms with van der Waals surface area (Å²) < 4.78 is 17.7. The van der Waals surface area contributed by atoms with Gasteiger partial charge >= 0.3 is 5.97 Å². The van der Waals surface area contributed by atoms with Crippen LogP contribution in [0.4, 0.5) is 10.1 Å². The first-order valence-corrected chi connectivity index (χ1v) is 7.29. The van der Waals surface area contributed by atoms with E-state index in [1.165, 1.54) is 12.1 Å². The number of halogens is 1. The van der Waals surface area contributed by atoms with Gasteiger partial charge in [0.25, 0.3) is 5.91 Å². The molecule has 23 heavy (non-hydrogen) atoms. The normalized spacial score (nSPS) is 10.4. The van der Waals surface area contributed by atoms with Crippen molar-refractivity contribution >= 4 is 17.6 Å². The Hall–Kier alpha value is -2.69. The Morgan fingerprint density at radius 3 is 2.39 bits per heavy atom. The number of amides is 1. The van der Waals surface area contributed by atoms with Crippen LogP contribution >= 0.6 is 0 Å². The first-order chi connectivity index (χ1) is 11.0. The van der Waals surface area contributed by atoms with E-state index in [1.54, 1.807) is 6.07 Å². The number of hydrogen-bond donors (Lipinski definition) is 1. The highest BCUT2D eigenvalue weighted by atomic mass is 19.1. The number of hydrogen-bond acceptors (Lipinski definition) is 3. The van der Waals surface area contributed by atoms with Crippen molar-refractivity contribution in [2.45, 2.75) is 19.8 Å². The lowest BCUT2D eigenvalue weighted by atomic mass is 10.0. The number of benzene rings is 2. The smallest absolute Gasteiger partial charge is 0.338 e. The lowest BCUT2D eigenvalue weighted by Gasteiger charge is -2.13. The summed E-state index contributed by atoms with van der Waals surface area (Å²) in [4.78, 5) is 23.7. The molecule has 0 aliphatic rings. The lowest BCUT2D eigenvalue weighted by molar-refractivity contribution is -0.119. The molecule has 0 atom stereocenters. The number of carbonyl (C=O) groups is 2. The average Bonchev–Trinajstić information content (AvgIpc) is 2.53. The molecule has 0 saturated heterocycles. The van der Waals surface area contributed by atoms with E-state index in [2.05, 4.69) is 5.32 Å². The Bertz CT molecular complexity index is 696. The fraction of sp³-hybridized carbons (Fsp3) is 0.222. The summed E-state index contributed by atoms with van der Waals surface area (Å²) in [7, 11) is 0. The molecule has 2 aromatic rings. The number of esters is 1. The highest BCUT2D eigenvalue weighted by molar-refractivity contribution is 5.95. The molecule has 0 saturated carbocycles. The molecule has 120 valence electrons. The van der Waals surface area contributed by atoms with Crippen molar-refractivity contribution in [1.29, 1.82) is 0 Å². The topological polar surface area (TPSA) is 55.4 Å². The Kier molecular flexibility index (Phi) is 5.46. The van der Waals surface area contributed by atoms with Crippen LogP contribution in [0.25, 0.3) is 0 Å². The van der Waals surface area contributed by atoms with Crippen LogP contribution in [0.1, 0.15) is 35.7 Å². The minimum atomic E-state index is -0.669. The predicted octanol–water partition coefficient (Wildman–Crippen LogP) is 3.74. The van der Waals surface area contributed by atoms with Crippen LogP contribution in [0.2, 0.25) is 0 Å². The SMILES string of the molecule is CC(C)c1ccccc1NC(=O)COC(=O)c1ccc(F)cc1.